The van der Waals surface area contributed by atoms with Gasteiger partial charge in [-0.15, -0.1) is 0 Å². The average molecular weight is 438 g/mol. The fourth-order valence-electron chi connectivity index (χ4n) is 2.79. The Balaban J connectivity index is 3.07. The molecule has 0 aliphatic rings. The first-order valence-corrected chi connectivity index (χ1v) is 13.4. The molecule has 0 spiro atoms. The quantitative estimate of drug-likeness (QED) is 0.329. The van der Waals surface area contributed by atoms with Gasteiger partial charge in [0, 0.05) is 6.42 Å². The Hall–Kier alpha value is -1.70. The van der Waals surface area contributed by atoms with E-state index in [1.165, 1.54) is 0 Å². The van der Waals surface area contributed by atoms with E-state index in [4.69, 9.17) is 14.9 Å². The first kappa shape index (κ1) is 26.3. The van der Waals surface area contributed by atoms with E-state index < -0.39 is 31.5 Å². The predicted molar refractivity (Wildman–Crippen MR) is 122 cm³/mol. The highest BCUT2D eigenvalue weighted by atomic mass is 28.4. The monoisotopic (exact) mass is 437 g/mol. The molecule has 1 aromatic rings. The molecule has 0 saturated heterocycles. The summed E-state index contributed by atoms with van der Waals surface area (Å²) in [5.41, 5.74) is 4.76. The van der Waals surface area contributed by atoms with Gasteiger partial charge in [0.2, 0.25) is 5.72 Å². The molecule has 6 nitrogen and oxygen atoms in total. The molecule has 1 aromatic carbocycles. The molecule has 2 unspecified atom stereocenters. The van der Waals surface area contributed by atoms with Crippen LogP contribution in [0.25, 0.3) is 0 Å². The van der Waals surface area contributed by atoms with Crippen molar-refractivity contribution in [3.05, 3.63) is 35.9 Å². The van der Waals surface area contributed by atoms with Gasteiger partial charge in [0.15, 0.2) is 8.32 Å². The zero-order chi connectivity index (χ0) is 23.4. The Morgan fingerprint density at radius 3 is 2.03 bits per heavy atom. The number of ether oxygens (including phenoxy) is 1. The maximum atomic E-state index is 12.9. The maximum Gasteiger partial charge on any atom is 0.350 e. The van der Waals surface area contributed by atoms with Crippen LogP contribution in [0.4, 0.5) is 0 Å². The van der Waals surface area contributed by atoms with Gasteiger partial charge in [-0.1, -0.05) is 51.1 Å². The smallest absolute Gasteiger partial charge is 0.350 e. The van der Waals surface area contributed by atoms with Crippen LogP contribution in [0.3, 0.4) is 0 Å². The third-order valence-corrected chi connectivity index (χ3v) is 10.0. The highest BCUT2D eigenvalue weighted by Crippen LogP contribution is 2.39. The normalized spacial score (nSPS) is 15.9. The third-order valence-electron chi connectivity index (χ3n) is 5.53. The Morgan fingerprint density at radius 1 is 1.07 bits per heavy atom. The number of rotatable bonds is 9. The molecule has 2 atom stereocenters. The van der Waals surface area contributed by atoms with Crippen LogP contribution in [0.5, 0.6) is 0 Å². The van der Waals surface area contributed by atoms with Crippen LogP contribution in [0, 0.1) is 5.92 Å². The van der Waals surface area contributed by atoms with Gasteiger partial charge < -0.3 is 14.3 Å². The van der Waals surface area contributed by atoms with E-state index in [9.17, 15) is 14.7 Å². The topological polar surface area (TPSA) is 98.9 Å². The average Bonchev–Trinajstić information content (AvgIpc) is 2.56. The van der Waals surface area contributed by atoms with Crippen molar-refractivity contribution >= 4 is 20.3 Å². The van der Waals surface area contributed by atoms with Crippen molar-refractivity contribution in [2.75, 3.05) is 0 Å². The Kier molecular flexibility index (Phi) is 8.44. The van der Waals surface area contributed by atoms with Gasteiger partial charge in [-0.3, -0.25) is 10.5 Å². The lowest BCUT2D eigenvalue weighted by atomic mass is 9.92. The van der Waals surface area contributed by atoms with Crippen LogP contribution in [0.15, 0.2) is 30.3 Å². The van der Waals surface area contributed by atoms with Gasteiger partial charge in [0.25, 0.3) is 0 Å². The zero-order valence-electron chi connectivity index (χ0n) is 19.7. The second-order valence-corrected chi connectivity index (χ2v) is 15.2. The van der Waals surface area contributed by atoms with Gasteiger partial charge in [-0.2, -0.15) is 0 Å². The van der Waals surface area contributed by atoms with Crippen molar-refractivity contribution < 1.29 is 23.9 Å². The zero-order valence-corrected chi connectivity index (χ0v) is 20.7. The molecule has 0 bridgehead atoms. The number of aliphatic carboxylic acids is 1. The van der Waals surface area contributed by atoms with Crippen molar-refractivity contribution in [3.8, 4) is 0 Å². The van der Waals surface area contributed by atoms with E-state index in [-0.39, 0.29) is 23.8 Å². The molecule has 7 heteroatoms. The molecule has 0 fully saturated rings. The minimum absolute atomic E-state index is 0.0194. The molecule has 1 rings (SSSR count). The van der Waals surface area contributed by atoms with E-state index >= 15 is 0 Å². The van der Waals surface area contributed by atoms with Crippen LogP contribution in [0.1, 0.15) is 59.9 Å². The van der Waals surface area contributed by atoms with Crippen molar-refractivity contribution in [3.63, 3.8) is 0 Å². The van der Waals surface area contributed by atoms with Crippen LogP contribution in [0.2, 0.25) is 18.1 Å². The molecule has 0 aliphatic carbocycles. The second kappa shape index (κ2) is 9.62. The standard InChI is InChI=1S/C23H39NO5Si/c1-21(2,3)28-19(25)18(16-17-12-10-9-11-13-17)14-15-23(24,20(26)27)29-30(7,8)22(4,5)6/h9-13,18H,14-16,24H2,1-8H3,(H,26,27). The summed E-state index contributed by atoms with van der Waals surface area (Å²) in [4.78, 5) is 24.9. The van der Waals surface area contributed by atoms with E-state index in [1.807, 2.05) is 85.0 Å². The highest BCUT2D eigenvalue weighted by molar-refractivity contribution is 6.74. The number of carboxylic acid groups (broad SMARTS) is 1. The van der Waals surface area contributed by atoms with Crippen molar-refractivity contribution in [2.24, 2.45) is 11.7 Å². The minimum atomic E-state index is -2.44. The largest absolute Gasteiger partial charge is 0.478 e. The van der Waals surface area contributed by atoms with Crippen LogP contribution >= 0.6 is 0 Å². The lowest BCUT2D eigenvalue weighted by molar-refractivity contribution is -0.163. The number of carbonyl (C=O) groups excluding carboxylic acids is 1. The molecule has 0 saturated carbocycles. The number of benzene rings is 1. The summed E-state index contributed by atoms with van der Waals surface area (Å²) < 4.78 is 11.7. The van der Waals surface area contributed by atoms with E-state index in [0.29, 0.717) is 6.42 Å². The summed E-state index contributed by atoms with van der Waals surface area (Å²) in [7, 11) is -2.44. The summed E-state index contributed by atoms with van der Waals surface area (Å²) in [5, 5.41) is 9.65. The molecule has 3 N–H and O–H groups in total. The minimum Gasteiger partial charge on any atom is -0.478 e. The Morgan fingerprint density at radius 2 is 1.60 bits per heavy atom. The molecular formula is C23H39NO5Si. The van der Waals surface area contributed by atoms with Crippen molar-refractivity contribution in [1.82, 2.24) is 0 Å². The molecule has 170 valence electrons. The first-order valence-electron chi connectivity index (χ1n) is 10.5. The summed E-state index contributed by atoms with van der Waals surface area (Å²) in [6.45, 7) is 15.5. The van der Waals surface area contributed by atoms with Gasteiger partial charge >= 0.3 is 11.9 Å². The predicted octanol–water partition coefficient (Wildman–Crippen LogP) is 4.73. The van der Waals surface area contributed by atoms with Crippen molar-refractivity contribution in [1.29, 1.82) is 0 Å². The highest BCUT2D eigenvalue weighted by Gasteiger charge is 2.47. The lowest BCUT2D eigenvalue weighted by Crippen LogP contribution is -2.59. The SMILES string of the molecule is CC(C)(C)OC(=O)C(CCC(N)(O[Si](C)(C)C(C)(C)C)C(=O)O)Cc1ccccc1. The molecule has 0 aromatic heterocycles. The maximum absolute atomic E-state index is 12.9. The fraction of sp³-hybridized carbons (Fsp3) is 0.652. The van der Waals surface area contributed by atoms with Crippen LogP contribution in [-0.2, 0) is 25.2 Å². The molecule has 0 amide bonds. The first-order chi connectivity index (χ1) is 13.5. The number of carbonyl (C=O) groups is 2. The number of carboxylic acids is 1. The van der Waals surface area contributed by atoms with E-state index in [2.05, 4.69) is 0 Å². The molecular weight excluding hydrogens is 398 g/mol. The summed E-state index contributed by atoms with van der Waals surface area (Å²) >= 11 is 0. The van der Waals surface area contributed by atoms with Gasteiger partial charge in [-0.25, -0.2) is 4.79 Å². The van der Waals surface area contributed by atoms with Gasteiger partial charge in [0.1, 0.15) is 5.60 Å². The molecule has 0 aliphatic heterocycles. The number of esters is 1. The summed E-state index contributed by atoms with van der Waals surface area (Å²) in [6, 6.07) is 9.61. The number of nitrogens with two attached hydrogens (primary N) is 1. The summed E-state index contributed by atoms with van der Waals surface area (Å²) in [5.74, 6) is -2.08. The van der Waals surface area contributed by atoms with Crippen LogP contribution < -0.4 is 5.73 Å². The number of hydrogen-bond donors (Lipinski definition) is 2. The molecule has 0 radical (unpaired) electrons. The Labute approximate surface area is 182 Å². The van der Waals surface area contributed by atoms with E-state index in [1.54, 1.807) is 0 Å². The van der Waals surface area contributed by atoms with Crippen molar-refractivity contribution in [2.45, 2.75) is 90.3 Å². The van der Waals surface area contributed by atoms with Gasteiger partial charge in [-0.05, 0) is 57.3 Å². The Bertz CT molecular complexity index is 721. The molecule has 0 heterocycles. The van der Waals surface area contributed by atoms with Gasteiger partial charge in [0.05, 0.1) is 5.92 Å². The summed E-state index contributed by atoms with van der Waals surface area (Å²) in [6.07, 6.45) is 0.721. The third kappa shape index (κ3) is 7.85. The van der Waals surface area contributed by atoms with Crippen LogP contribution in [-0.4, -0.2) is 36.7 Å². The van der Waals surface area contributed by atoms with E-state index in [0.717, 1.165) is 5.56 Å². The molecule has 30 heavy (non-hydrogen) atoms. The number of hydrogen-bond acceptors (Lipinski definition) is 5. The second-order valence-electron chi connectivity index (χ2n) is 10.5. The fourth-order valence-corrected chi connectivity index (χ4v) is 4.19. The lowest BCUT2D eigenvalue weighted by Gasteiger charge is -2.42.